The van der Waals surface area contributed by atoms with Crippen molar-refractivity contribution in [3.8, 4) is 0 Å². The Bertz CT molecular complexity index is 776. The summed E-state index contributed by atoms with van der Waals surface area (Å²) in [7, 11) is 0. The molecular formula is C18H24N4O2. The van der Waals surface area contributed by atoms with E-state index in [1.807, 2.05) is 6.07 Å². The van der Waals surface area contributed by atoms with Crippen LogP contribution in [0.5, 0.6) is 0 Å². The highest BCUT2D eigenvalue weighted by Crippen LogP contribution is 2.13. The van der Waals surface area contributed by atoms with Gasteiger partial charge in [0.15, 0.2) is 0 Å². The fourth-order valence-corrected chi connectivity index (χ4v) is 3.21. The van der Waals surface area contributed by atoms with Crippen molar-refractivity contribution in [2.75, 3.05) is 13.1 Å². The molecule has 3 rings (SSSR count). The van der Waals surface area contributed by atoms with E-state index in [0.29, 0.717) is 16.9 Å². The predicted octanol–water partition coefficient (Wildman–Crippen LogP) is 1.39. The number of hydrogen-bond acceptors (Lipinski definition) is 4. The third-order valence-electron chi connectivity index (χ3n) is 4.67. The third-order valence-corrected chi connectivity index (χ3v) is 4.67. The van der Waals surface area contributed by atoms with Crippen LogP contribution < -0.4 is 10.9 Å². The first-order valence-corrected chi connectivity index (χ1v) is 8.52. The molecule has 0 unspecified atom stereocenters. The van der Waals surface area contributed by atoms with Crippen LogP contribution in [0.25, 0.3) is 10.9 Å². The van der Waals surface area contributed by atoms with Crippen LogP contribution in [-0.2, 0) is 11.3 Å². The number of amides is 1. The van der Waals surface area contributed by atoms with Gasteiger partial charge < -0.3 is 10.2 Å². The molecule has 1 amide bonds. The van der Waals surface area contributed by atoms with Crippen LogP contribution in [0.4, 0.5) is 0 Å². The molecule has 0 radical (unpaired) electrons. The van der Waals surface area contributed by atoms with Gasteiger partial charge in [-0.3, -0.25) is 14.2 Å². The van der Waals surface area contributed by atoms with Gasteiger partial charge in [-0.15, -0.1) is 0 Å². The molecule has 2 heterocycles. The number of hydrogen-bond donors (Lipinski definition) is 1. The molecule has 0 bridgehead atoms. The molecule has 6 nitrogen and oxygen atoms in total. The number of aromatic nitrogens is 2. The van der Waals surface area contributed by atoms with E-state index in [1.165, 1.54) is 10.9 Å². The molecule has 1 aliphatic rings. The largest absolute Gasteiger partial charge is 0.352 e. The molecule has 1 aromatic carbocycles. The van der Waals surface area contributed by atoms with Crippen molar-refractivity contribution in [1.82, 2.24) is 19.8 Å². The second-order valence-electron chi connectivity index (χ2n) is 6.67. The van der Waals surface area contributed by atoms with Crippen LogP contribution in [0, 0.1) is 0 Å². The first kappa shape index (κ1) is 16.6. The van der Waals surface area contributed by atoms with Gasteiger partial charge in [-0.2, -0.15) is 0 Å². The van der Waals surface area contributed by atoms with Crippen molar-refractivity contribution in [3.05, 3.63) is 40.9 Å². The number of carbonyl (C=O) groups is 1. The van der Waals surface area contributed by atoms with Gasteiger partial charge in [0.25, 0.3) is 5.56 Å². The quantitative estimate of drug-likeness (QED) is 0.921. The van der Waals surface area contributed by atoms with Crippen LogP contribution in [0.2, 0.25) is 0 Å². The molecule has 0 saturated carbocycles. The SMILES string of the molecule is CC(C)N1CCC(NC(=O)Cn2cnc3ccccc3c2=O)CC1. The van der Waals surface area contributed by atoms with Crippen LogP contribution in [0.15, 0.2) is 35.4 Å². The molecule has 128 valence electrons. The maximum absolute atomic E-state index is 12.4. The normalized spacial score (nSPS) is 16.6. The number of benzene rings is 1. The Morgan fingerprint density at radius 1 is 1.29 bits per heavy atom. The summed E-state index contributed by atoms with van der Waals surface area (Å²) in [5.74, 6) is -0.128. The lowest BCUT2D eigenvalue weighted by Crippen LogP contribution is -2.47. The molecule has 1 aliphatic heterocycles. The highest BCUT2D eigenvalue weighted by Gasteiger charge is 2.22. The molecule has 6 heteroatoms. The van der Waals surface area contributed by atoms with Crippen molar-refractivity contribution in [2.45, 2.75) is 45.3 Å². The number of likely N-dealkylation sites (tertiary alicyclic amines) is 1. The number of nitrogens with one attached hydrogen (secondary N) is 1. The Kier molecular flexibility index (Phi) is 4.94. The summed E-state index contributed by atoms with van der Waals surface area (Å²) in [5.41, 5.74) is 0.477. The van der Waals surface area contributed by atoms with Crippen LogP contribution in [0.1, 0.15) is 26.7 Å². The van der Waals surface area contributed by atoms with E-state index in [9.17, 15) is 9.59 Å². The molecule has 0 aliphatic carbocycles. The summed E-state index contributed by atoms with van der Waals surface area (Å²) in [6, 6.07) is 7.92. The van der Waals surface area contributed by atoms with E-state index in [2.05, 4.69) is 29.0 Å². The van der Waals surface area contributed by atoms with E-state index in [4.69, 9.17) is 0 Å². The number of para-hydroxylation sites is 1. The summed E-state index contributed by atoms with van der Waals surface area (Å²) in [4.78, 5) is 31.3. The molecule has 1 fully saturated rings. The van der Waals surface area contributed by atoms with Gasteiger partial charge in [-0.05, 0) is 38.8 Å². The second-order valence-corrected chi connectivity index (χ2v) is 6.67. The van der Waals surface area contributed by atoms with Crippen molar-refractivity contribution in [2.24, 2.45) is 0 Å². The van der Waals surface area contributed by atoms with Crippen LogP contribution in [-0.4, -0.2) is 45.5 Å². The average Bonchev–Trinajstić information content (AvgIpc) is 2.58. The predicted molar refractivity (Wildman–Crippen MR) is 93.9 cm³/mol. The number of piperidine rings is 1. The van der Waals surface area contributed by atoms with Crippen molar-refractivity contribution in [3.63, 3.8) is 0 Å². The Labute approximate surface area is 141 Å². The van der Waals surface area contributed by atoms with E-state index in [-0.39, 0.29) is 24.1 Å². The Balaban J connectivity index is 1.62. The van der Waals surface area contributed by atoms with Crippen molar-refractivity contribution < 1.29 is 4.79 Å². The van der Waals surface area contributed by atoms with Gasteiger partial charge in [0, 0.05) is 25.2 Å². The minimum Gasteiger partial charge on any atom is -0.352 e. The minimum atomic E-state index is -0.176. The zero-order valence-corrected chi connectivity index (χ0v) is 14.2. The second kappa shape index (κ2) is 7.13. The van der Waals surface area contributed by atoms with Gasteiger partial charge in [0.1, 0.15) is 6.54 Å². The number of rotatable bonds is 4. The summed E-state index contributed by atoms with van der Waals surface area (Å²) >= 11 is 0. The topological polar surface area (TPSA) is 67.2 Å². The summed E-state index contributed by atoms with van der Waals surface area (Å²) in [6.45, 7) is 6.40. The van der Waals surface area contributed by atoms with Crippen LogP contribution >= 0.6 is 0 Å². The molecule has 1 N–H and O–H groups in total. The standard InChI is InChI=1S/C18H24N4O2/c1-13(2)21-9-7-14(8-10-21)20-17(23)11-22-12-19-16-6-4-3-5-15(16)18(22)24/h3-6,12-14H,7-11H2,1-2H3,(H,20,23). The van der Waals surface area contributed by atoms with E-state index in [0.717, 1.165) is 25.9 Å². The highest BCUT2D eigenvalue weighted by atomic mass is 16.2. The fraction of sp³-hybridized carbons (Fsp3) is 0.500. The van der Waals surface area contributed by atoms with Gasteiger partial charge >= 0.3 is 0 Å². The lowest BCUT2D eigenvalue weighted by atomic mass is 10.0. The van der Waals surface area contributed by atoms with E-state index < -0.39 is 0 Å². The zero-order chi connectivity index (χ0) is 17.1. The highest BCUT2D eigenvalue weighted by molar-refractivity contribution is 5.79. The Morgan fingerprint density at radius 2 is 2.00 bits per heavy atom. The van der Waals surface area contributed by atoms with Gasteiger partial charge in [-0.1, -0.05) is 12.1 Å². The maximum atomic E-state index is 12.4. The Morgan fingerprint density at radius 3 is 2.71 bits per heavy atom. The molecule has 24 heavy (non-hydrogen) atoms. The number of carbonyl (C=O) groups excluding carboxylic acids is 1. The Hall–Kier alpha value is -2.21. The molecule has 0 atom stereocenters. The first-order chi connectivity index (χ1) is 11.5. The maximum Gasteiger partial charge on any atom is 0.261 e. The molecule has 1 aromatic heterocycles. The first-order valence-electron chi connectivity index (χ1n) is 8.52. The van der Waals surface area contributed by atoms with E-state index >= 15 is 0 Å². The van der Waals surface area contributed by atoms with Crippen LogP contribution in [0.3, 0.4) is 0 Å². The zero-order valence-electron chi connectivity index (χ0n) is 14.2. The molecule has 0 spiro atoms. The van der Waals surface area contributed by atoms with Crippen molar-refractivity contribution in [1.29, 1.82) is 0 Å². The summed E-state index contributed by atoms with van der Waals surface area (Å²) in [5, 5.41) is 3.59. The smallest absolute Gasteiger partial charge is 0.261 e. The van der Waals surface area contributed by atoms with Gasteiger partial charge in [-0.25, -0.2) is 4.98 Å². The van der Waals surface area contributed by atoms with Gasteiger partial charge in [0.2, 0.25) is 5.91 Å². The third kappa shape index (κ3) is 3.64. The van der Waals surface area contributed by atoms with Crippen molar-refractivity contribution >= 4 is 16.8 Å². The molecular weight excluding hydrogens is 304 g/mol. The number of fused-ring (bicyclic) bond motifs is 1. The monoisotopic (exact) mass is 328 g/mol. The molecule has 2 aromatic rings. The van der Waals surface area contributed by atoms with Gasteiger partial charge in [0.05, 0.1) is 17.2 Å². The lowest BCUT2D eigenvalue weighted by molar-refractivity contribution is -0.122. The molecule has 1 saturated heterocycles. The average molecular weight is 328 g/mol. The lowest BCUT2D eigenvalue weighted by Gasteiger charge is -2.34. The number of nitrogens with zero attached hydrogens (tertiary/aromatic N) is 3. The minimum absolute atomic E-state index is 0.0149. The van der Waals surface area contributed by atoms with E-state index in [1.54, 1.807) is 18.2 Å². The summed E-state index contributed by atoms with van der Waals surface area (Å²) in [6.07, 6.45) is 3.36. The summed E-state index contributed by atoms with van der Waals surface area (Å²) < 4.78 is 1.38. The fourth-order valence-electron chi connectivity index (χ4n) is 3.21.